The van der Waals surface area contributed by atoms with E-state index in [2.05, 4.69) is 10.6 Å². The molecule has 0 aliphatic carbocycles. The number of thiophene rings is 1. The van der Waals surface area contributed by atoms with Crippen molar-refractivity contribution < 1.29 is 14.3 Å². The summed E-state index contributed by atoms with van der Waals surface area (Å²) in [4.78, 5) is 13.8. The molecule has 4 nitrogen and oxygen atoms in total. The fourth-order valence-corrected chi connectivity index (χ4v) is 4.40. The summed E-state index contributed by atoms with van der Waals surface area (Å²) in [6.45, 7) is 0. The van der Waals surface area contributed by atoms with Gasteiger partial charge in [-0.1, -0.05) is 0 Å². The molecule has 1 aromatic heterocycles. The smallest absolute Gasteiger partial charge is 0.261 e. The van der Waals surface area contributed by atoms with Gasteiger partial charge in [0.25, 0.3) is 5.91 Å². The third-order valence-corrected chi connectivity index (χ3v) is 5.81. The van der Waals surface area contributed by atoms with Gasteiger partial charge in [0, 0.05) is 23.0 Å². The van der Waals surface area contributed by atoms with Gasteiger partial charge < -0.3 is 15.7 Å². The minimum atomic E-state index is -0.657. The first-order valence-electron chi connectivity index (χ1n) is 7.76. The first kappa shape index (κ1) is 14.7. The summed E-state index contributed by atoms with van der Waals surface area (Å²) >= 11 is 1.33. The predicted molar refractivity (Wildman–Crippen MR) is 87.2 cm³/mol. The minimum Gasteiger partial charge on any atom is -0.505 e. The van der Waals surface area contributed by atoms with Crippen LogP contribution in [0.2, 0.25) is 0 Å². The number of halogens is 1. The third kappa shape index (κ3) is 2.72. The van der Waals surface area contributed by atoms with Crippen molar-refractivity contribution in [2.24, 2.45) is 0 Å². The van der Waals surface area contributed by atoms with E-state index in [0.29, 0.717) is 22.5 Å². The number of phenolic OH excluding ortho intramolecular Hbond substituents is 1. The summed E-state index contributed by atoms with van der Waals surface area (Å²) in [5.41, 5.74) is 0.658. The van der Waals surface area contributed by atoms with E-state index in [-0.39, 0.29) is 17.7 Å². The SMILES string of the molecule is O=C(NC1CC2CCC1N2)c1ccc(-c2ccc(O)c(F)c2)s1. The van der Waals surface area contributed by atoms with Gasteiger partial charge in [0.15, 0.2) is 11.6 Å². The van der Waals surface area contributed by atoms with Crippen LogP contribution in [0.5, 0.6) is 5.75 Å². The van der Waals surface area contributed by atoms with Gasteiger partial charge in [0.2, 0.25) is 0 Å². The molecular weight excluding hydrogens is 315 g/mol. The van der Waals surface area contributed by atoms with Crippen LogP contribution in [0.1, 0.15) is 28.9 Å². The molecule has 3 N–H and O–H groups in total. The highest BCUT2D eigenvalue weighted by Crippen LogP contribution is 2.32. The second-order valence-corrected chi connectivity index (χ2v) is 7.28. The quantitative estimate of drug-likeness (QED) is 0.810. The van der Waals surface area contributed by atoms with Crippen molar-refractivity contribution >= 4 is 17.2 Å². The Balaban J connectivity index is 1.48. The Morgan fingerprint density at radius 2 is 2.17 bits per heavy atom. The Labute approximate surface area is 137 Å². The van der Waals surface area contributed by atoms with Crippen LogP contribution in [0.3, 0.4) is 0 Å². The van der Waals surface area contributed by atoms with E-state index in [1.807, 2.05) is 6.07 Å². The molecule has 2 bridgehead atoms. The van der Waals surface area contributed by atoms with Crippen LogP contribution in [0.15, 0.2) is 30.3 Å². The Bertz CT molecular complexity index is 761. The summed E-state index contributed by atoms with van der Waals surface area (Å²) < 4.78 is 13.5. The lowest BCUT2D eigenvalue weighted by molar-refractivity contribution is 0.0935. The van der Waals surface area contributed by atoms with Gasteiger partial charge in [0.05, 0.1) is 4.88 Å². The predicted octanol–water partition coefficient (Wildman–Crippen LogP) is 2.88. The highest BCUT2D eigenvalue weighted by molar-refractivity contribution is 7.17. The summed E-state index contributed by atoms with van der Waals surface area (Å²) in [6, 6.07) is 8.97. The van der Waals surface area contributed by atoms with Gasteiger partial charge in [-0.3, -0.25) is 4.79 Å². The largest absolute Gasteiger partial charge is 0.505 e. The molecule has 6 heteroatoms. The number of aromatic hydroxyl groups is 1. The number of rotatable bonds is 3. The Kier molecular flexibility index (Phi) is 3.58. The zero-order chi connectivity index (χ0) is 16.0. The molecule has 0 spiro atoms. The molecule has 2 fully saturated rings. The zero-order valence-corrected chi connectivity index (χ0v) is 13.2. The molecule has 1 amide bonds. The van der Waals surface area contributed by atoms with E-state index in [9.17, 15) is 14.3 Å². The second kappa shape index (κ2) is 5.62. The van der Waals surface area contributed by atoms with Gasteiger partial charge in [-0.15, -0.1) is 11.3 Å². The lowest BCUT2D eigenvalue weighted by Crippen LogP contribution is -2.42. The Morgan fingerprint density at radius 1 is 1.30 bits per heavy atom. The highest BCUT2D eigenvalue weighted by Gasteiger charge is 2.39. The molecule has 120 valence electrons. The van der Waals surface area contributed by atoms with Gasteiger partial charge in [-0.05, 0) is 55.2 Å². The maximum absolute atomic E-state index is 13.5. The standard InChI is InChI=1S/C17H17FN2O2S/c18-11-7-9(1-4-14(11)21)15-5-6-16(23-15)17(22)20-13-8-10-2-3-12(13)19-10/h1,4-7,10,12-13,19,21H,2-3,8H2,(H,20,22). The molecular formula is C17H17FN2O2S. The average Bonchev–Trinajstić information content (AvgIpc) is 3.25. The molecule has 2 saturated heterocycles. The van der Waals surface area contributed by atoms with E-state index < -0.39 is 5.82 Å². The number of fused-ring (bicyclic) bond motifs is 2. The van der Waals surface area contributed by atoms with Gasteiger partial charge >= 0.3 is 0 Å². The van der Waals surface area contributed by atoms with Crippen molar-refractivity contribution in [1.29, 1.82) is 0 Å². The Hall–Kier alpha value is -1.92. The van der Waals surface area contributed by atoms with Crippen molar-refractivity contribution in [3.63, 3.8) is 0 Å². The first-order chi connectivity index (χ1) is 11.1. The monoisotopic (exact) mass is 332 g/mol. The van der Waals surface area contributed by atoms with Crippen LogP contribution >= 0.6 is 11.3 Å². The number of phenols is 1. The summed E-state index contributed by atoms with van der Waals surface area (Å²) in [6.07, 6.45) is 3.32. The molecule has 23 heavy (non-hydrogen) atoms. The van der Waals surface area contributed by atoms with E-state index >= 15 is 0 Å². The molecule has 0 saturated carbocycles. The van der Waals surface area contributed by atoms with Gasteiger partial charge in [-0.25, -0.2) is 4.39 Å². The summed E-state index contributed by atoms with van der Waals surface area (Å²) in [5.74, 6) is -1.10. The van der Waals surface area contributed by atoms with Crippen LogP contribution < -0.4 is 10.6 Å². The maximum atomic E-state index is 13.5. The van der Waals surface area contributed by atoms with Crippen molar-refractivity contribution in [3.05, 3.63) is 41.0 Å². The van der Waals surface area contributed by atoms with E-state index in [0.717, 1.165) is 17.7 Å². The normalized spacial score (nSPS) is 25.7. The molecule has 2 aromatic rings. The van der Waals surface area contributed by atoms with Crippen molar-refractivity contribution in [2.45, 2.75) is 37.4 Å². The average molecular weight is 332 g/mol. The van der Waals surface area contributed by atoms with Crippen molar-refractivity contribution in [3.8, 4) is 16.2 Å². The molecule has 3 atom stereocenters. The zero-order valence-electron chi connectivity index (χ0n) is 12.4. The fourth-order valence-electron chi connectivity index (χ4n) is 3.50. The Morgan fingerprint density at radius 3 is 2.87 bits per heavy atom. The molecule has 4 rings (SSSR count). The molecule has 0 radical (unpaired) electrons. The number of nitrogens with one attached hydrogen (secondary N) is 2. The van der Waals surface area contributed by atoms with Crippen LogP contribution in [0.4, 0.5) is 4.39 Å². The van der Waals surface area contributed by atoms with Crippen LogP contribution in [0, 0.1) is 5.82 Å². The summed E-state index contributed by atoms with van der Waals surface area (Å²) in [7, 11) is 0. The maximum Gasteiger partial charge on any atom is 0.261 e. The lowest BCUT2D eigenvalue weighted by Gasteiger charge is -2.20. The third-order valence-electron chi connectivity index (χ3n) is 4.68. The number of carbonyl (C=O) groups is 1. The lowest BCUT2D eigenvalue weighted by atomic mass is 9.95. The second-order valence-electron chi connectivity index (χ2n) is 6.19. The van der Waals surface area contributed by atoms with E-state index in [1.165, 1.54) is 29.9 Å². The van der Waals surface area contributed by atoms with Gasteiger partial charge in [-0.2, -0.15) is 0 Å². The van der Waals surface area contributed by atoms with Crippen LogP contribution in [-0.4, -0.2) is 29.1 Å². The molecule has 2 aliphatic rings. The summed E-state index contributed by atoms with van der Waals surface area (Å²) in [5, 5.41) is 15.9. The number of hydrogen-bond acceptors (Lipinski definition) is 4. The first-order valence-corrected chi connectivity index (χ1v) is 8.57. The van der Waals surface area contributed by atoms with Gasteiger partial charge in [0.1, 0.15) is 0 Å². The molecule has 3 unspecified atom stereocenters. The minimum absolute atomic E-state index is 0.0696. The fraction of sp³-hybridized carbons (Fsp3) is 0.353. The topological polar surface area (TPSA) is 61.4 Å². The number of carbonyl (C=O) groups excluding carboxylic acids is 1. The molecule has 1 aromatic carbocycles. The molecule has 2 aliphatic heterocycles. The van der Waals surface area contributed by atoms with Crippen LogP contribution in [-0.2, 0) is 0 Å². The number of amides is 1. The number of hydrogen-bond donors (Lipinski definition) is 3. The van der Waals surface area contributed by atoms with E-state index in [1.54, 1.807) is 12.1 Å². The number of benzene rings is 1. The van der Waals surface area contributed by atoms with Crippen molar-refractivity contribution in [2.75, 3.05) is 0 Å². The van der Waals surface area contributed by atoms with Crippen LogP contribution in [0.25, 0.3) is 10.4 Å². The van der Waals surface area contributed by atoms with E-state index in [4.69, 9.17) is 0 Å². The molecule has 3 heterocycles. The highest BCUT2D eigenvalue weighted by atomic mass is 32.1. The van der Waals surface area contributed by atoms with Crippen molar-refractivity contribution in [1.82, 2.24) is 10.6 Å².